The van der Waals surface area contributed by atoms with E-state index in [1.807, 2.05) is 28.0 Å². The number of carbonyl (C=O) groups is 2. The largest absolute Gasteiger partial charge is 0.368 e. The monoisotopic (exact) mass is 336 g/mol. The van der Waals surface area contributed by atoms with Crippen LogP contribution in [0, 0.1) is 0 Å². The second kappa shape index (κ2) is 7.32. The zero-order valence-corrected chi connectivity index (χ0v) is 13.8. The Kier molecular flexibility index (Phi) is 5.18. The van der Waals surface area contributed by atoms with Crippen LogP contribution in [0.5, 0.6) is 0 Å². The molecule has 2 aliphatic rings. The van der Waals surface area contributed by atoms with Crippen LogP contribution in [-0.2, 0) is 20.7 Å². The second-order valence-electron chi connectivity index (χ2n) is 5.98. The van der Waals surface area contributed by atoms with Gasteiger partial charge >= 0.3 is 0 Å². The van der Waals surface area contributed by atoms with Crippen LogP contribution in [0.2, 0.25) is 5.02 Å². The van der Waals surface area contributed by atoms with Crippen molar-refractivity contribution in [2.75, 3.05) is 32.8 Å². The third-order valence-electron chi connectivity index (χ3n) is 4.45. The van der Waals surface area contributed by atoms with Gasteiger partial charge in [0, 0.05) is 37.8 Å². The van der Waals surface area contributed by atoms with Crippen molar-refractivity contribution in [3.05, 3.63) is 34.9 Å². The molecule has 1 atom stereocenters. The zero-order chi connectivity index (χ0) is 16.2. The van der Waals surface area contributed by atoms with Crippen LogP contribution >= 0.6 is 11.6 Å². The minimum absolute atomic E-state index is 0.0577. The van der Waals surface area contributed by atoms with Crippen molar-refractivity contribution in [2.24, 2.45) is 0 Å². The van der Waals surface area contributed by atoms with E-state index in [-0.39, 0.29) is 17.9 Å². The molecular weight excluding hydrogens is 316 g/mol. The van der Waals surface area contributed by atoms with Crippen LogP contribution in [-0.4, -0.2) is 60.5 Å². The number of ether oxygens (including phenoxy) is 1. The number of hydrogen-bond donors (Lipinski definition) is 0. The first-order chi connectivity index (χ1) is 11.1. The third kappa shape index (κ3) is 3.85. The van der Waals surface area contributed by atoms with E-state index >= 15 is 0 Å². The summed E-state index contributed by atoms with van der Waals surface area (Å²) in [5.41, 5.74) is 0.844. The number of rotatable bonds is 3. The molecule has 1 unspecified atom stereocenters. The maximum Gasteiger partial charge on any atom is 0.251 e. The first-order valence-corrected chi connectivity index (χ1v) is 8.44. The number of benzene rings is 1. The summed E-state index contributed by atoms with van der Waals surface area (Å²) in [5.74, 6) is 0.128. The molecule has 0 radical (unpaired) electrons. The van der Waals surface area contributed by atoms with Crippen LogP contribution < -0.4 is 0 Å². The van der Waals surface area contributed by atoms with Crippen molar-refractivity contribution in [1.29, 1.82) is 0 Å². The molecule has 6 heteroatoms. The van der Waals surface area contributed by atoms with Crippen molar-refractivity contribution >= 4 is 23.4 Å². The first kappa shape index (κ1) is 16.3. The third-order valence-corrected chi connectivity index (χ3v) is 4.82. The first-order valence-electron chi connectivity index (χ1n) is 8.07. The molecule has 0 spiro atoms. The van der Waals surface area contributed by atoms with Crippen molar-refractivity contribution in [1.82, 2.24) is 9.80 Å². The topological polar surface area (TPSA) is 49.9 Å². The molecule has 124 valence electrons. The smallest absolute Gasteiger partial charge is 0.251 e. The minimum atomic E-state index is -0.277. The molecule has 0 saturated carbocycles. The molecule has 2 heterocycles. The number of halogens is 1. The summed E-state index contributed by atoms with van der Waals surface area (Å²) >= 11 is 6.11. The Morgan fingerprint density at radius 2 is 1.83 bits per heavy atom. The second-order valence-corrected chi connectivity index (χ2v) is 6.38. The van der Waals surface area contributed by atoms with E-state index in [1.54, 1.807) is 6.07 Å². The standard InChI is InChI=1S/C17H21ClN2O3/c18-14-5-2-1-4-13(14)12-16(21)19-7-9-20(10-8-19)17(22)15-6-3-11-23-15/h1-2,4-5,15H,3,6-12H2. The molecule has 5 nitrogen and oxygen atoms in total. The summed E-state index contributed by atoms with van der Waals surface area (Å²) in [5, 5.41) is 0.619. The molecular formula is C17H21ClN2O3. The molecule has 2 aliphatic heterocycles. The fraction of sp³-hybridized carbons (Fsp3) is 0.529. The number of nitrogens with zero attached hydrogens (tertiary/aromatic N) is 2. The van der Waals surface area contributed by atoms with E-state index in [1.165, 1.54) is 0 Å². The molecule has 0 aliphatic carbocycles. The van der Waals surface area contributed by atoms with Crippen LogP contribution in [0.25, 0.3) is 0 Å². The fourth-order valence-corrected chi connectivity index (χ4v) is 3.27. The summed E-state index contributed by atoms with van der Waals surface area (Å²) in [6, 6.07) is 7.40. The average molecular weight is 337 g/mol. The maximum absolute atomic E-state index is 12.4. The van der Waals surface area contributed by atoms with Gasteiger partial charge in [0.25, 0.3) is 5.91 Å². The molecule has 0 bridgehead atoms. The van der Waals surface area contributed by atoms with Gasteiger partial charge in [0.15, 0.2) is 0 Å². The molecule has 2 fully saturated rings. The lowest BCUT2D eigenvalue weighted by atomic mass is 10.1. The van der Waals surface area contributed by atoms with Gasteiger partial charge in [-0.3, -0.25) is 9.59 Å². The highest BCUT2D eigenvalue weighted by Crippen LogP contribution is 2.18. The van der Waals surface area contributed by atoms with E-state index in [9.17, 15) is 9.59 Å². The van der Waals surface area contributed by atoms with Gasteiger partial charge < -0.3 is 14.5 Å². The number of hydrogen-bond acceptors (Lipinski definition) is 3. The predicted octanol–water partition coefficient (Wildman–Crippen LogP) is 1.73. The van der Waals surface area contributed by atoms with Crippen molar-refractivity contribution in [3.63, 3.8) is 0 Å². The van der Waals surface area contributed by atoms with E-state index in [0.29, 0.717) is 44.2 Å². The Labute approximate surface area is 141 Å². The molecule has 2 amide bonds. The van der Waals surface area contributed by atoms with Gasteiger partial charge in [-0.15, -0.1) is 0 Å². The van der Waals surface area contributed by atoms with Gasteiger partial charge in [-0.1, -0.05) is 29.8 Å². The lowest BCUT2D eigenvalue weighted by Crippen LogP contribution is -2.53. The Hall–Kier alpha value is -1.59. The van der Waals surface area contributed by atoms with Crippen LogP contribution in [0.1, 0.15) is 18.4 Å². The van der Waals surface area contributed by atoms with Gasteiger partial charge in [-0.05, 0) is 24.5 Å². The van der Waals surface area contributed by atoms with Crippen molar-refractivity contribution in [2.45, 2.75) is 25.4 Å². The maximum atomic E-state index is 12.4. The Morgan fingerprint density at radius 1 is 1.13 bits per heavy atom. The highest BCUT2D eigenvalue weighted by molar-refractivity contribution is 6.31. The molecule has 0 aromatic heterocycles. The quantitative estimate of drug-likeness (QED) is 0.844. The van der Waals surface area contributed by atoms with E-state index < -0.39 is 0 Å². The molecule has 2 saturated heterocycles. The van der Waals surface area contributed by atoms with Gasteiger partial charge in [-0.2, -0.15) is 0 Å². The number of piperazine rings is 1. The average Bonchev–Trinajstić information content (AvgIpc) is 3.11. The molecule has 1 aromatic rings. The van der Waals surface area contributed by atoms with E-state index in [0.717, 1.165) is 18.4 Å². The molecule has 0 N–H and O–H groups in total. The summed E-state index contributed by atoms with van der Waals surface area (Å²) < 4.78 is 5.45. The minimum Gasteiger partial charge on any atom is -0.368 e. The van der Waals surface area contributed by atoms with Gasteiger partial charge in [0.1, 0.15) is 6.10 Å². The van der Waals surface area contributed by atoms with Gasteiger partial charge in [0.2, 0.25) is 5.91 Å². The van der Waals surface area contributed by atoms with Gasteiger partial charge in [0.05, 0.1) is 6.42 Å². The summed E-state index contributed by atoms with van der Waals surface area (Å²) in [4.78, 5) is 28.3. The van der Waals surface area contributed by atoms with Crippen LogP contribution in [0.3, 0.4) is 0 Å². The normalized spacial score (nSPS) is 21.5. The Balaban J connectivity index is 1.51. The highest BCUT2D eigenvalue weighted by Gasteiger charge is 2.31. The summed E-state index contributed by atoms with van der Waals surface area (Å²) in [6.45, 7) is 2.97. The fourth-order valence-electron chi connectivity index (χ4n) is 3.07. The van der Waals surface area contributed by atoms with E-state index in [4.69, 9.17) is 16.3 Å². The lowest BCUT2D eigenvalue weighted by Gasteiger charge is -2.35. The lowest BCUT2D eigenvalue weighted by molar-refractivity contribution is -0.145. The highest BCUT2D eigenvalue weighted by atomic mass is 35.5. The Bertz CT molecular complexity index is 579. The van der Waals surface area contributed by atoms with Crippen molar-refractivity contribution < 1.29 is 14.3 Å². The SMILES string of the molecule is O=C(Cc1ccccc1Cl)N1CCN(C(=O)C2CCCO2)CC1. The summed E-state index contributed by atoms with van der Waals surface area (Å²) in [7, 11) is 0. The van der Waals surface area contributed by atoms with Crippen LogP contribution in [0.4, 0.5) is 0 Å². The van der Waals surface area contributed by atoms with Crippen molar-refractivity contribution in [3.8, 4) is 0 Å². The predicted molar refractivity (Wildman–Crippen MR) is 87.3 cm³/mol. The van der Waals surface area contributed by atoms with E-state index in [2.05, 4.69) is 0 Å². The number of carbonyl (C=O) groups excluding carboxylic acids is 2. The van der Waals surface area contributed by atoms with Crippen LogP contribution in [0.15, 0.2) is 24.3 Å². The summed E-state index contributed by atoms with van der Waals surface area (Å²) in [6.07, 6.45) is 1.79. The molecule has 23 heavy (non-hydrogen) atoms. The molecule has 1 aromatic carbocycles. The Morgan fingerprint density at radius 3 is 2.48 bits per heavy atom. The number of amides is 2. The molecule has 3 rings (SSSR count). The van der Waals surface area contributed by atoms with Gasteiger partial charge in [-0.25, -0.2) is 0 Å². The zero-order valence-electron chi connectivity index (χ0n) is 13.0.